The van der Waals surface area contributed by atoms with Crippen LogP contribution in [0, 0.1) is 0 Å². The Hall–Kier alpha value is -7.82. The first kappa shape index (κ1) is 34.1. The van der Waals surface area contributed by atoms with E-state index in [4.69, 9.17) is 13.3 Å². The fourth-order valence-electron chi connectivity index (χ4n) is 10.2. The Morgan fingerprint density at radius 3 is 1.90 bits per heavy atom. The van der Waals surface area contributed by atoms with Crippen molar-refractivity contribution in [1.29, 1.82) is 0 Å². The van der Waals surface area contributed by atoms with Gasteiger partial charge in [0.2, 0.25) is 0 Å². The molecule has 0 saturated carbocycles. The van der Waals surface area contributed by atoms with E-state index in [1.165, 1.54) is 22.3 Å². The minimum absolute atomic E-state index is 0.154. The molecule has 4 nitrogen and oxygen atoms in total. The van der Waals surface area contributed by atoms with Crippen molar-refractivity contribution in [3.63, 3.8) is 0 Å². The van der Waals surface area contributed by atoms with Crippen LogP contribution in [-0.2, 0) is 5.41 Å². The Labute approximate surface area is 351 Å². The normalized spacial score (nSPS) is 13.2. The third-order valence-electron chi connectivity index (χ3n) is 13.1. The van der Waals surface area contributed by atoms with Gasteiger partial charge in [-0.2, -0.15) is 0 Å². The zero-order valence-corrected chi connectivity index (χ0v) is 33.6. The van der Waals surface area contributed by atoms with E-state index in [9.17, 15) is 0 Å². The highest BCUT2D eigenvalue weighted by Gasteiger charge is 2.36. The lowest BCUT2D eigenvalue weighted by Crippen LogP contribution is -2.14. The van der Waals surface area contributed by atoms with Crippen molar-refractivity contribution in [3.05, 3.63) is 199 Å². The summed E-state index contributed by atoms with van der Waals surface area (Å²) in [5.74, 6) is 0. The highest BCUT2D eigenvalue weighted by atomic mass is 16.3. The number of hydrogen-bond donors (Lipinski definition) is 0. The van der Waals surface area contributed by atoms with E-state index >= 15 is 0 Å². The van der Waals surface area contributed by atoms with Gasteiger partial charge in [0.05, 0.1) is 17.1 Å². The molecule has 0 radical (unpaired) electrons. The average molecular weight is 784 g/mol. The Morgan fingerprint density at radius 1 is 0.377 bits per heavy atom. The van der Waals surface area contributed by atoms with Crippen LogP contribution in [0.5, 0.6) is 0 Å². The van der Waals surface area contributed by atoms with Crippen LogP contribution in [0.1, 0.15) is 25.0 Å². The minimum atomic E-state index is -0.154. The molecular formula is C57H37NO3. The van der Waals surface area contributed by atoms with Crippen molar-refractivity contribution < 1.29 is 13.3 Å². The number of rotatable bonds is 5. The topological polar surface area (TPSA) is 42.7 Å². The molecule has 1 aliphatic rings. The Kier molecular flexibility index (Phi) is 7.04. The monoisotopic (exact) mass is 783 g/mol. The highest BCUT2D eigenvalue weighted by molar-refractivity contribution is 6.24. The predicted octanol–water partition coefficient (Wildman–Crippen LogP) is 16.5. The molecule has 0 aliphatic heterocycles. The molecule has 0 amide bonds. The number of benzene rings is 9. The Balaban J connectivity index is 1.08. The lowest BCUT2D eigenvalue weighted by molar-refractivity contribution is 0.660. The van der Waals surface area contributed by atoms with Crippen LogP contribution < -0.4 is 4.90 Å². The second-order valence-corrected chi connectivity index (χ2v) is 16.8. The maximum atomic E-state index is 7.22. The first-order chi connectivity index (χ1) is 30.0. The van der Waals surface area contributed by atoms with Crippen molar-refractivity contribution >= 4 is 82.9 Å². The summed E-state index contributed by atoms with van der Waals surface area (Å²) in [5, 5.41) is 6.33. The standard InChI is InChI=1S/C57H37NO3/c1-57(2)45-22-10-6-18-38(45)39-29-27-35(31-46(39)57)53-54-43-20-9-13-26-50(43)59-52(54)33-44-41-30-28-36(32-51(41)61-56(44)53)58(47-23-11-7-17-37(47)34-15-4-3-5-16-34)48-24-14-21-42-40-19-8-12-25-49(40)60-55(42)48/h3-33H,1-2H3. The summed E-state index contributed by atoms with van der Waals surface area (Å²) < 4.78 is 20.6. The van der Waals surface area contributed by atoms with Crippen LogP contribution in [0.15, 0.2) is 201 Å². The number of para-hydroxylation sites is 4. The molecule has 0 bridgehead atoms. The molecule has 0 fully saturated rings. The van der Waals surface area contributed by atoms with Crippen LogP contribution >= 0.6 is 0 Å². The molecule has 12 aromatic rings. The van der Waals surface area contributed by atoms with Gasteiger partial charge in [-0.25, -0.2) is 0 Å². The zero-order valence-electron chi connectivity index (χ0n) is 33.6. The molecule has 9 aromatic carbocycles. The first-order valence-corrected chi connectivity index (χ1v) is 20.9. The lowest BCUT2D eigenvalue weighted by Gasteiger charge is -2.27. The summed E-state index contributed by atoms with van der Waals surface area (Å²) in [6.07, 6.45) is 0. The second kappa shape index (κ2) is 12.6. The van der Waals surface area contributed by atoms with Crippen LogP contribution in [-0.4, -0.2) is 0 Å². The van der Waals surface area contributed by atoms with Crippen molar-refractivity contribution in [1.82, 2.24) is 0 Å². The summed E-state index contributed by atoms with van der Waals surface area (Å²) >= 11 is 0. The lowest BCUT2D eigenvalue weighted by atomic mass is 9.81. The quantitative estimate of drug-likeness (QED) is 0.174. The largest absolute Gasteiger partial charge is 0.456 e. The molecule has 0 N–H and O–H groups in total. The van der Waals surface area contributed by atoms with Crippen LogP contribution in [0.3, 0.4) is 0 Å². The molecule has 0 spiro atoms. The van der Waals surface area contributed by atoms with Gasteiger partial charge in [-0.3, -0.25) is 0 Å². The smallest absolute Gasteiger partial charge is 0.159 e. The van der Waals surface area contributed by atoms with Gasteiger partial charge >= 0.3 is 0 Å². The van der Waals surface area contributed by atoms with Crippen LogP contribution in [0.2, 0.25) is 0 Å². The van der Waals surface area contributed by atoms with Crippen molar-refractivity contribution in [3.8, 4) is 33.4 Å². The molecule has 0 atom stereocenters. The average Bonchev–Trinajstić information content (AvgIpc) is 4.04. The van der Waals surface area contributed by atoms with Gasteiger partial charge < -0.3 is 18.2 Å². The molecule has 1 aliphatic carbocycles. The number of nitrogens with zero attached hydrogens (tertiary/aromatic N) is 1. The fourth-order valence-corrected chi connectivity index (χ4v) is 10.2. The maximum absolute atomic E-state index is 7.22. The zero-order chi connectivity index (χ0) is 40.4. The third-order valence-corrected chi connectivity index (χ3v) is 13.1. The maximum Gasteiger partial charge on any atom is 0.159 e. The van der Waals surface area contributed by atoms with Gasteiger partial charge in [-0.1, -0.05) is 147 Å². The SMILES string of the molecule is CC1(C)c2ccccc2-c2ccc(-c3c4oc5cc(N(c6ccccc6-c6ccccc6)c6cccc7c6oc6ccccc67)ccc5c4cc4oc5ccccc5c34)cc21. The van der Waals surface area contributed by atoms with Crippen molar-refractivity contribution in [2.24, 2.45) is 0 Å². The molecule has 288 valence electrons. The number of furan rings is 3. The van der Waals surface area contributed by atoms with Gasteiger partial charge in [0, 0.05) is 54.9 Å². The van der Waals surface area contributed by atoms with Crippen molar-refractivity contribution in [2.45, 2.75) is 19.3 Å². The summed E-state index contributed by atoms with van der Waals surface area (Å²) in [6.45, 7) is 4.67. The molecular weight excluding hydrogens is 747 g/mol. The first-order valence-electron chi connectivity index (χ1n) is 20.9. The molecule has 0 unspecified atom stereocenters. The van der Waals surface area contributed by atoms with E-state index in [0.29, 0.717) is 0 Å². The Bertz CT molecular complexity index is 3750. The van der Waals surface area contributed by atoms with Gasteiger partial charge in [0.1, 0.15) is 27.9 Å². The van der Waals surface area contributed by atoms with E-state index in [2.05, 4.69) is 189 Å². The van der Waals surface area contributed by atoms with Crippen molar-refractivity contribution in [2.75, 3.05) is 4.90 Å². The van der Waals surface area contributed by atoms with Gasteiger partial charge in [-0.05, 0) is 81.9 Å². The van der Waals surface area contributed by atoms with Gasteiger partial charge in [0.15, 0.2) is 5.58 Å². The van der Waals surface area contributed by atoms with E-state index in [-0.39, 0.29) is 5.41 Å². The third kappa shape index (κ3) is 4.87. The predicted molar refractivity (Wildman–Crippen MR) is 251 cm³/mol. The minimum Gasteiger partial charge on any atom is -0.456 e. The van der Waals surface area contributed by atoms with Crippen LogP contribution in [0.25, 0.3) is 99.2 Å². The molecule has 4 heteroatoms. The molecule has 3 aromatic heterocycles. The fraction of sp³-hybridized carbons (Fsp3) is 0.0526. The summed E-state index contributed by atoms with van der Waals surface area (Å²) in [5.41, 5.74) is 17.4. The summed E-state index contributed by atoms with van der Waals surface area (Å²) in [4.78, 5) is 2.32. The molecule has 0 saturated heterocycles. The Morgan fingerprint density at radius 2 is 1.03 bits per heavy atom. The number of fused-ring (bicyclic) bond motifs is 12. The second-order valence-electron chi connectivity index (χ2n) is 16.8. The van der Waals surface area contributed by atoms with Gasteiger partial charge in [-0.15, -0.1) is 0 Å². The molecule has 61 heavy (non-hydrogen) atoms. The van der Waals surface area contributed by atoms with Crippen LogP contribution in [0.4, 0.5) is 17.1 Å². The molecule has 3 heterocycles. The highest BCUT2D eigenvalue weighted by Crippen LogP contribution is 2.52. The van der Waals surface area contributed by atoms with E-state index < -0.39 is 0 Å². The van der Waals surface area contributed by atoms with E-state index in [0.717, 1.165) is 105 Å². The molecule has 13 rings (SSSR count). The van der Waals surface area contributed by atoms with E-state index in [1.807, 2.05) is 18.2 Å². The summed E-state index contributed by atoms with van der Waals surface area (Å²) in [7, 11) is 0. The number of anilines is 3. The number of hydrogen-bond acceptors (Lipinski definition) is 4. The van der Waals surface area contributed by atoms with E-state index in [1.54, 1.807) is 0 Å². The summed E-state index contributed by atoms with van der Waals surface area (Å²) in [6, 6.07) is 66.7. The van der Waals surface area contributed by atoms with Gasteiger partial charge in [0.25, 0.3) is 0 Å².